The van der Waals surface area contributed by atoms with E-state index in [-0.39, 0.29) is 5.91 Å². The number of ether oxygens (including phenoxy) is 2. The molecule has 2 radical (unpaired) electrons. The minimum absolute atomic E-state index is 0.00606. The molecule has 0 aromatic heterocycles. The fourth-order valence-electron chi connectivity index (χ4n) is 0.791. The van der Waals surface area contributed by atoms with Crippen LogP contribution in [0.25, 0.3) is 0 Å². The fraction of sp³-hybridized carbons (Fsp3) is 1.00. The van der Waals surface area contributed by atoms with Crippen LogP contribution in [0.15, 0.2) is 0 Å². The molecule has 2 N–H and O–H groups in total. The van der Waals surface area contributed by atoms with Crippen molar-refractivity contribution in [2.24, 2.45) is 5.73 Å². The Kier molecular flexibility index (Phi) is 9.26. The Labute approximate surface area is 77.4 Å². The summed E-state index contributed by atoms with van der Waals surface area (Å²) in [5, 5.41) is 0. The highest BCUT2D eigenvalue weighted by Gasteiger charge is 2.07. The average molecular weight is 189 g/mol. The summed E-state index contributed by atoms with van der Waals surface area (Å²) in [4.78, 5) is 0. The van der Waals surface area contributed by atoms with Crippen LogP contribution in [0.2, 0.25) is 6.04 Å². The van der Waals surface area contributed by atoms with E-state index in [9.17, 15) is 0 Å². The molecule has 0 rings (SSSR count). The predicted octanol–water partition coefficient (Wildman–Crippen LogP) is 0.814. The molecule has 0 atom stereocenters. The number of hydrogen-bond acceptors (Lipinski definition) is 3. The van der Waals surface area contributed by atoms with Crippen LogP contribution >= 0.6 is 0 Å². The minimum atomic E-state index is 0.00606. The minimum Gasteiger partial charge on any atom is -0.357 e. The SMILES string of the molecule is CCOC(OCC)[Si]CCCN. The molecule has 0 fully saturated rings. The summed E-state index contributed by atoms with van der Waals surface area (Å²) in [5.74, 6) is 0.00606. The Bertz CT molecular complexity index is 87.1. The second-order valence-electron chi connectivity index (χ2n) is 2.34. The first kappa shape index (κ1) is 12.1. The largest absolute Gasteiger partial charge is 0.357 e. The summed E-state index contributed by atoms with van der Waals surface area (Å²) in [6.07, 6.45) is 1.06. The summed E-state index contributed by atoms with van der Waals surface area (Å²) < 4.78 is 10.8. The van der Waals surface area contributed by atoms with Crippen molar-refractivity contribution < 1.29 is 9.47 Å². The topological polar surface area (TPSA) is 44.5 Å². The van der Waals surface area contributed by atoms with Crippen molar-refractivity contribution >= 4 is 9.52 Å². The zero-order valence-electron chi connectivity index (χ0n) is 8.01. The predicted molar refractivity (Wildman–Crippen MR) is 51.3 cm³/mol. The normalized spacial score (nSPS) is 11.0. The van der Waals surface area contributed by atoms with E-state index in [1.165, 1.54) is 0 Å². The van der Waals surface area contributed by atoms with Gasteiger partial charge in [-0.2, -0.15) is 0 Å². The van der Waals surface area contributed by atoms with Gasteiger partial charge in [-0.05, 0) is 26.8 Å². The standard InChI is InChI=1S/C8H19NO2Si/c1-3-10-8(11-4-2)12-7-5-6-9/h8H,3-7,9H2,1-2H3. The second-order valence-corrected chi connectivity index (χ2v) is 3.72. The fourth-order valence-corrected chi connectivity index (χ4v) is 2.00. The van der Waals surface area contributed by atoms with Gasteiger partial charge in [0.15, 0.2) is 0 Å². The summed E-state index contributed by atoms with van der Waals surface area (Å²) in [6, 6.07) is 1.11. The highest BCUT2D eigenvalue weighted by Crippen LogP contribution is 1.97. The Balaban J connectivity index is 3.34. The highest BCUT2D eigenvalue weighted by atomic mass is 28.2. The molecule has 0 bridgehead atoms. The zero-order chi connectivity index (χ0) is 9.23. The molecule has 0 aromatic carbocycles. The molecule has 0 unspecified atom stereocenters. The van der Waals surface area contributed by atoms with Crippen molar-refractivity contribution in [3.8, 4) is 0 Å². The smallest absolute Gasteiger partial charge is 0.137 e. The van der Waals surface area contributed by atoms with Crippen LogP contribution in [0, 0.1) is 0 Å². The van der Waals surface area contributed by atoms with Gasteiger partial charge in [-0.3, -0.25) is 0 Å². The maximum atomic E-state index is 5.39. The van der Waals surface area contributed by atoms with Crippen molar-refractivity contribution in [2.45, 2.75) is 32.2 Å². The first-order valence-electron chi connectivity index (χ1n) is 4.51. The lowest BCUT2D eigenvalue weighted by molar-refractivity contribution is -0.0827. The lowest BCUT2D eigenvalue weighted by Gasteiger charge is -2.15. The van der Waals surface area contributed by atoms with Gasteiger partial charge in [0.2, 0.25) is 0 Å². The van der Waals surface area contributed by atoms with Crippen LogP contribution < -0.4 is 5.73 Å². The van der Waals surface area contributed by atoms with Gasteiger partial charge in [0.05, 0.1) is 0 Å². The van der Waals surface area contributed by atoms with Crippen LogP contribution in [0.5, 0.6) is 0 Å². The molecular formula is C8H19NO2Si. The van der Waals surface area contributed by atoms with Gasteiger partial charge in [0, 0.05) is 13.2 Å². The molecule has 4 heteroatoms. The number of nitrogens with two attached hydrogens (primary N) is 1. The van der Waals surface area contributed by atoms with E-state index in [2.05, 4.69) is 0 Å². The molecule has 3 nitrogen and oxygen atoms in total. The molecule has 0 amide bonds. The molecular weight excluding hydrogens is 170 g/mol. The summed E-state index contributed by atoms with van der Waals surface area (Å²) >= 11 is 0. The quantitative estimate of drug-likeness (QED) is 0.349. The van der Waals surface area contributed by atoms with Gasteiger partial charge < -0.3 is 15.2 Å². The number of hydrogen-bond donors (Lipinski definition) is 1. The number of rotatable bonds is 8. The summed E-state index contributed by atoms with van der Waals surface area (Å²) in [6.45, 7) is 6.18. The maximum absolute atomic E-state index is 5.39. The van der Waals surface area contributed by atoms with Crippen LogP contribution in [-0.2, 0) is 9.47 Å². The van der Waals surface area contributed by atoms with Gasteiger partial charge in [-0.25, -0.2) is 0 Å². The van der Waals surface area contributed by atoms with E-state index < -0.39 is 0 Å². The van der Waals surface area contributed by atoms with Crippen LogP contribution in [0.4, 0.5) is 0 Å². The summed E-state index contributed by atoms with van der Waals surface area (Å²) in [7, 11) is 0.719. The Morgan fingerprint density at radius 2 is 1.83 bits per heavy atom. The van der Waals surface area contributed by atoms with E-state index in [4.69, 9.17) is 15.2 Å². The van der Waals surface area contributed by atoms with Gasteiger partial charge in [-0.1, -0.05) is 6.04 Å². The molecule has 0 aliphatic rings. The monoisotopic (exact) mass is 189 g/mol. The van der Waals surface area contributed by atoms with Gasteiger partial charge in [-0.15, -0.1) is 0 Å². The van der Waals surface area contributed by atoms with E-state index in [0.29, 0.717) is 0 Å². The molecule has 0 saturated carbocycles. The van der Waals surface area contributed by atoms with Crippen molar-refractivity contribution in [3.05, 3.63) is 0 Å². The zero-order valence-corrected chi connectivity index (χ0v) is 9.01. The van der Waals surface area contributed by atoms with Crippen molar-refractivity contribution in [2.75, 3.05) is 19.8 Å². The molecule has 0 saturated heterocycles. The first-order chi connectivity index (χ1) is 5.85. The van der Waals surface area contributed by atoms with Crippen molar-refractivity contribution in [1.29, 1.82) is 0 Å². The van der Waals surface area contributed by atoms with E-state index in [1.54, 1.807) is 0 Å². The van der Waals surface area contributed by atoms with Crippen LogP contribution in [0.1, 0.15) is 20.3 Å². The molecule has 0 heterocycles. The highest BCUT2D eigenvalue weighted by molar-refractivity contribution is 6.36. The maximum Gasteiger partial charge on any atom is 0.137 e. The first-order valence-corrected chi connectivity index (χ1v) is 5.80. The lowest BCUT2D eigenvalue weighted by atomic mass is 10.5. The molecule has 0 aliphatic heterocycles. The third kappa shape index (κ3) is 6.79. The van der Waals surface area contributed by atoms with Crippen LogP contribution in [-0.4, -0.2) is 35.2 Å². The van der Waals surface area contributed by atoms with Gasteiger partial charge in [0.25, 0.3) is 0 Å². The van der Waals surface area contributed by atoms with E-state index >= 15 is 0 Å². The van der Waals surface area contributed by atoms with Crippen LogP contribution in [0.3, 0.4) is 0 Å². The molecule has 0 aromatic rings. The second kappa shape index (κ2) is 9.19. The van der Waals surface area contributed by atoms with E-state index in [0.717, 1.165) is 41.7 Å². The van der Waals surface area contributed by atoms with Crippen molar-refractivity contribution in [1.82, 2.24) is 0 Å². The molecule has 12 heavy (non-hydrogen) atoms. The Morgan fingerprint density at radius 3 is 2.25 bits per heavy atom. The molecule has 0 spiro atoms. The van der Waals surface area contributed by atoms with Crippen molar-refractivity contribution in [3.63, 3.8) is 0 Å². The molecule has 72 valence electrons. The Morgan fingerprint density at radius 1 is 1.25 bits per heavy atom. The third-order valence-corrected chi connectivity index (χ3v) is 2.64. The van der Waals surface area contributed by atoms with Gasteiger partial charge >= 0.3 is 0 Å². The van der Waals surface area contributed by atoms with Gasteiger partial charge in [0.1, 0.15) is 15.4 Å². The van der Waals surface area contributed by atoms with E-state index in [1.807, 2.05) is 13.8 Å². The third-order valence-electron chi connectivity index (χ3n) is 1.33. The Hall–Kier alpha value is 0.0969. The molecule has 0 aliphatic carbocycles. The summed E-state index contributed by atoms with van der Waals surface area (Å²) in [5.41, 5.74) is 5.39. The average Bonchev–Trinajstić information content (AvgIpc) is 2.06. The lowest BCUT2D eigenvalue weighted by Crippen LogP contribution is -2.24.